The Morgan fingerprint density at radius 3 is 2.53 bits per heavy atom. The number of benzene rings is 1. The molecular formula is C10H9NO4. The molecule has 5 heteroatoms. The second-order valence-electron chi connectivity index (χ2n) is 2.66. The molecule has 1 rings (SSSR count). The number of carboxylic acid groups (broad SMARTS) is 1. The van der Waals surface area contributed by atoms with Crippen molar-refractivity contribution in [1.29, 1.82) is 0 Å². The number of para-hydroxylation sites is 1. The van der Waals surface area contributed by atoms with Crippen molar-refractivity contribution in [2.45, 2.75) is 0 Å². The molecule has 15 heavy (non-hydrogen) atoms. The number of hydrogen-bond acceptors (Lipinski definition) is 3. The van der Waals surface area contributed by atoms with Crippen LogP contribution in [0.15, 0.2) is 36.5 Å². The highest BCUT2D eigenvalue weighted by Crippen LogP contribution is 2.14. The van der Waals surface area contributed by atoms with E-state index in [4.69, 9.17) is 5.11 Å². The lowest BCUT2D eigenvalue weighted by Gasteiger charge is -2.01. The molecule has 0 aliphatic rings. The van der Waals surface area contributed by atoms with Gasteiger partial charge in [-0.2, -0.15) is 0 Å². The first-order valence-electron chi connectivity index (χ1n) is 4.09. The molecule has 78 valence electrons. The second-order valence-corrected chi connectivity index (χ2v) is 2.66. The fraction of sp³-hybridized carbons (Fsp3) is 0. The van der Waals surface area contributed by atoms with E-state index < -0.39 is 11.9 Å². The van der Waals surface area contributed by atoms with Crippen LogP contribution in [0, 0.1) is 0 Å². The van der Waals surface area contributed by atoms with Gasteiger partial charge in [-0.15, -0.1) is 0 Å². The summed E-state index contributed by atoms with van der Waals surface area (Å²) in [6, 6.07) is 5.98. The molecule has 5 nitrogen and oxygen atoms in total. The molecule has 3 N–H and O–H groups in total. The first-order valence-corrected chi connectivity index (χ1v) is 4.09. The Morgan fingerprint density at radius 1 is 1.27 bits per heavy atom. The lowest BCUT2D eigenvalue weighted by Crippen LogP contribution is -2.17. The van der Waals surface area contributed by atoms with Crippen molar-refractivity contribution < 1.29 is 19.8 Å². The molecule has 0 aliphatic carbocycles. The molecule has 0 saturated heterocycles. The van der Waals surface area contributed by atoms with Crippen LogP contribution >= 0.6 is 0 Å². The fourth-order valence-electron chi connectivity index (χ4n) is 0.932. The van der Waals surface area contributed by atoms with Crippen molar-refractivity contribution in [2.75, 3.05) is 0 Å². The number of phenols is 1. The van der Waals surface area contributed by atoms with E-state index in [2.05, 4.69) is 5.32 Å². The van der Waals surface area contributed by atoms with Gasteiger partial charge in [-0.25, -0.2) is 4.79 Å². The summed E-state index contributed by atoms with van der Waals surface area (Å²) >= 11 is 0. The predicted molar refractivity (Wildman–Crippen MR) is 52.3 cm³/mol. The van der Waals surface area contributed by atoms with E-state index >= 15 is 0 Å². The van der Waals surface area contributed by atoms with E-state index in [0.717, 1.165) is 12.3 Å². The van der Waals surface area contributed by atoms with Gasteiger partial charge < -0.3 is 15.5 Å². The maximum absolute atomic E-state index is 11.3. The molecule has 1 amide bonds. The SMILES string of the molecule is O=C(O)/C=C\NC(=O)c1ccccc1O. The quantitative estimate of drug-likeness (QED) is 0.637. The fourth-order valence-corrected chi connectivity index (χ4v) is 0.932. The van der Waals surface area contributed by atoms with Gasteiger partial charge in [0, 0.05) is 12.3 Å². The van der Waals surface area contributed by atoms with E-state index in [1.165, 1.54) is 12.1 Å². The van der Waals surface area contributed by atoms with Gasteiger partial charge in [-0.3, -0.25) is 4.79 Å². The lowest BCUT2D eigenvalue weighted by atomic mass is 10.2. The minimum atomic E-state index is -1.16. The van der Waals surface area contributed by atoms with Crippen LogP contribution in [0.25, 0.3) is 0 Å². The molecule has 0 aliphatic heterocycles. The molecule has 0 atom stereocenters. The average molecular weight is 207 g/mol. The summed E-state index contributed by atoms with van der Waals surface area (Å²) < 4.78 is 0. The van der Waals surface area contributed by atoms with E-state index in [-0.39, 0.29) is 11.3 Å². The molecule has 0 radical (unpaired) electrons. The molecule has 1 aromatic rings. The normalized spacial score (nSPS) is 10.1. The highest BCUT2D eigenvalue weighted by molar-refractivity contribution is 5.97. The van der Waals surface area contributed by atoms with Crippen molar-refractivity contribution >= 4 is 11.9 Å². The number of aliphatic carboxylic acids is 1. The number of carbonyl (C=O) groups is 2. The van der Waals surface area contributed by atoms with Crippen molar-refractivity contribution in [1.82, 2.24) is 5.32 Å². The first kappa shape index (κ1) is 10.8. The number of rotatable bonds is 3. The Bertz CT molecular complexity index is 412. The van der Waals surface area contributed by atoms with E-state index in [9.17, 15) is 14.7 Å². The third-order valence-corrected chi connectivity index (χ3v) is 1.59. The summed E-state index contributed by atoms with van der Waals surface area (Å²) in [5.41, 5.74) is 0.0903. The summed E-state index contributed by atoms with van der Waals surface area (Å²) in [4.78, 5) is 21.4. The van der Waals surface area contributed by atoms with E-state index in [1.54, 1.807) is 12.1 Å². The van der Waals surface area contributed by atoms with Crippen LogP contribution in [0.5, 0.6) is 5.75 Å². The number of nitrogens with one attached hydrogen (secondary N) is 1. The zero-order valence-corrected chi connectivity index (χ0v) is 7.68. The van der Waals surface area contributed by atoms with E-state index in [1.807, 2.05) is 0 Å². The zero-order chi connectivity index (χ0) is 11.3. The molecule has 0 unspecified atom stereocenters. The maximum atomic E-state index is 11.3. The second kappa shape index (κ2) is 4.80. The minimum absolute atomic E-state index is 0.0903. The Kier molecular flexibility index (Phi) is 3.45. The number of aromatic hydroxyl groups is 1. The highest BCUT2D eigenvalue weighted by atomic mass is 16.4. The van der Waals surface area contributed by atoms with Crippen molar-refractivity contribution in [3.05, 3.63) is 42.1 Å². The summed E-state index contributed by atoms with van der Waals surface area (Å²) in [5, 5.41) is 19.8. The summed E-state index contributed by atoms with van der Waals surface area (Å²) in [6.45, 7) is 0. The summed E-state index contributed by atoms with van der Waals surface area (Å²) in [7, 11) is 0. The Labute approximate surface area is 85.7 Å². The Balaban J connectivity index is 2.70. The predicted octanol–water partition coefficient (Wildman–Crippen LogP) is 0.720. The molecule has 1 aromatic carbocycles. The van der Waals surface area contributed by atoms with Crippen LogP contribution < -0.4 is 5.32 Å². The Hall–Kier alpha value is -2.30. The smallest absolute Gasteiger partial charge is 0.329 e. The lowest BCUT2D eigenvalue weighted by molar-refractivity contribution is -0.131. The molecule has 0 heterocycles. The van der Waals surface area contributed by atoms with Gasteiger partial charge in [0.1, 0.15) is 5.75 Å². The molecule has 0 bridgehead atoms. The summed E-state index contributed by atoms with van der Waals surface area (Å²) in [6.07, 6.45) is 1.79. The number of carboxylic acids is 1. The molecular weight excluding hydrogens is 198 g/mol. The van der Waals surface area contributed by atoms with Gasteiger partial charge in [-0.05, 0) is 12.1 Å². The van der Waals surface area contributed by atoms with Crippen LogP contribution in [0.4, 0.5) is 0 Å². The average Bonchev–Trinajstić information content (AvgIpc) is 2.17. The van der Waals surface area contributed by atoms with Crippen molar-refractivity contribution in [3.8, 4) is 5.75 Å². The van der Waals surface area contributed by atoms with Gasteiger partial charge in [0.05, 0.1) is 5.56 Å². The largest absolute Gasteiger partial charge is 0.507 e. The van der Waals surface area contributed by atoms with Crippen LogP contribution in [-0.4, -0.2) is 22.1 Å². The van der Waals surface area contributed by atoms with Gasteiger partial charge in [0.15, 0.2) is 0 Å². The van der Waals surface area contributed by atoms with Crippen LogP contribution in [0.3, 0.4) is 0 Å². The van der Waals surface area contributed by atoms with Crippen molar-refractivity contribution in [2.24, 2.45) is 0 Å². The molecule has 0 spiro atoms. The number of phenolic OH excluding ortho intramolecular Hbond substituents is 1. The van der Waals surface area contributed by atoms with Gasteiger partial charge in [0.2, 0.25) is 0 Å². The number of amides is 1. The Morgan fingerprint density at radius 2 is 1.93 bits per heavy atom. The number of carbonyl (C=O) groups excluding carboxylic acids is 1. The number of hydrogen-bond donors (Lipinski definition) is 3. The minimum Gasteiger partial charge on any atom is -0.507 e. The van der Waals surface area contributed by atoms with Gasteiger partial charge in [0.25, 0.3) is 5.91 Å². The third kappa shape index (κ3) is 3.15. The maximum Gasteiger partial charge on any atom is 0.329 e. The molecule has 0 saturated carbocycles. The third-order valence-electron chi connectivity index (χ3n) is 1.59. The van der Waals surface area contributed by atoms with E-state index in [0.29, 0.717) is 0 Å². The van der Waals surface area contributed by atoms with Crippen LogP contribution in [-0.2, 0) is 4.79 Å². The monoisotopic (exact) mass is 207 g/mol. The van der Waals surface area contributed by atoms with Crippen LogP contribution in [0.1, 0.15) is 10.4 Å². The molecule has 0 fully saturated rings. The summed E-state index contributed by atoms with van der Waals surface area (Å²) in [5.74, 6) is -1.88. The van der Waals surface area contributed by atoms with Gasteiger partial charge in [-0.1, -0.05) is 12.1 Å². The topological polar surface area (TPSA) is 86.6 Å². The van der Waals surface area contributed by atoms with Crippen LogP contribution in [0.2, 0.25) is 0 Å². The van der Waals surface area contributed by atoms with Crippen molar-refractivity contribution in [3.63, 3.8) is 0 Å². The van der Waals surface area contributed by atoms with Gasteiger partial charge >= 0.3 is 5.97 Å². The standard InChI is InChI=1S/C10H9NO4/c12-8-4-2-1-3-7(8)10(15)11-6-5-9(13)14/h1-6,12H,(H,11,15)(H,13,14)/b6-5-. The highest BCUT2D eigenvalue weighted by Gasteiger charge is 2.07. The zero-order valence-electron chi connectivity index (χ0n) is 7.68. The molecule has 0 aromatic heterocycles. The first-order chi connectivity index (χ1) is 7.11.